The highest BCUT2D eigenvalue weighted by Crippen LogP contribution is 2.08. The molecular formula is C10H21BrO2. The van der Waals surface area contributed by atoms with E-state index < -0.39 is 0 Å². The van der Waals surface area contributed by atoms with Crippen molar-refractivity contribution in [2.75, 3.05) is 25.2 Å². The van der Waals surface area contributed by atoms with Crippen LogP contribution >= 0.6 is 15.9 Å². The Morgan fingerprint density at radius 1 is 1.23 bits per heavy atom. The van der Waals surface area contributed by atoms with E-state index in [1.807, 2.05) is 6.92 Å². The zero-order valence-electron chi connectivity index (χ0n) is 8.88. The molecule has 13 heavy (non-hydrogen) atoms. The second kappa shape index (κ2) is 8.97. The number of ether oxygens (including phenoxy) is 2. The number of rotatable bonds is 8. The van der Waals surface area contributed by atoms with Gasteiger partial charge in [-0.25, -0.2) is 0 Å². The van der Waals surface area contributed by atoms with Crippen LogP contribution in [-0.4, -0.2) is 31.3 Å². The summed E-state index contributed by atoms with van der Waals surface area (Å²) < 4.78 is 10.9. The SMILES string of the molecule is CCOCC(C)OCC(CC)CBr. The lowest BCUT2D eigenvalue weighted by atomic mass is 10.1. The average Bonchev–Trinajstić information content (AvgIpc) is 2.16. The molecule has 0 rings (SSSR count). The molecule has 2 nitrogen and oxygen atoms in total. The van der Waals surface area contributed by atoms with Crippen LogP contribution in [0.2, 0.25) is 0 Å². The van der Waals surface area contributed by atoms with E-state index in [1.165, 1.54) is 0 Å². The van der Waals surface area contributed by atoms with E-state index in [0.29, 0.717) is 12.5 Å². The first kappa shape index (κ1) is 13.4. The highest BCUT2D eigenvalue weighted by Gasteiger charge is 2.07. The van der Waals surface area contributed by atoms with Crippen LogP contribution < -0.4 is 0 Å². The Kier molecular flexibility index (Phi) is 9.25. The third kappa shape index (κ3) is 7.47. The van der Waals surface area contributed by atoms with Gasteiger partial charge in [0.1, 0.15) is 0 Å². The van der Waals surface area contributed by atoms with Gasteiger partial charge in [-0.2, -0.15) is 0 Å². The molecule has 0 saturated heterocycles. The van der Waals surface area contributed by atoms with E-state index in [2.05, 4.69) is 29.8 Å². The molecular weight excluding hydrogens is 232 g/mol. The number of alkyl halides is 1. The van der Waals surface area contributed by atoms with Crippen molar-refractivity contribution in [1.29, 1.82) is 0 Å². The smallest absolute Gasteiger partial charge is 0.0780 e. The van der Waals surface area contributed by atoms with Gasteiger partial charge in [-0.15, -0.1) is 0 Å². The highest BCUT2D eigenvalue weighted by molar-refractivity contribution is 9.09. The first-order valence-corrected chi connectivity index (χ1v) is 6.12. The van der Waals surface area contributed by atoms with Crippen LogP contribution in [0.4, 0.5) is 0 Å². The summed E-state index contributed by atoms with van der Waals surface area (Å²) in [6.45, 7) is 8.54. The van der Waals surface area contributed by atoms with Gasteiger partial charge in [0.05, 0.1) is 19.3 Å². The zero-order chi connectivity index (χ0) is 10.1. The van der Waals surface area contributed by atoms with Crippen LogP contribution in [0, 0.1) is 5.92 Å². The monoisotopic (exact) mass is 252 g/mol. The van der Waals surface area contributed by atoms with Crippen molar-refractivity contribution in [3.05, 3.63) is 0 Å². The molecule has 0 amide bonds. The molecule has 0 aromatic carbocycles. The van der Waals surface area contributed by atoms with Crippen LogP contribution in [-0.2, 0) is 9.47 Å². The molecule has 0 aromatic rings. The van der Waals surface area contributed by atoms with E-state index in [0.717, 1.165) is 25.0 Å². The Balaban J connectivity index is 3.38. The van der Waals surface area contributed by atoms with Crippen LogP contribution in [0.1, 0.15) is 27.2 Å². The van der Waals surface area contributed by atoms with E-state index in [9.17, 15) is 0 Å². The summed E-state index contributed by atoms with van der Waals surface area (Å²) in [5, 5.41) is 1.02. The first-order chi connectivity index (χ1) is 6.24. The Morgan fingerprint density at radius 2 is 1.92 bits per heavy atom. The molecule has 0 spiro atoms. The van der Waals surface area contributed by atoms with Crippen molar-refractivity contribution in [1.82, 2.24) is 0 Å². The summed E-state index contributed by atoms with van der Waals surface area (Å²) in [5.41, 5.74) is 0. The van der Waals surface area contributed by atoms with Crippen molar-refractivity contribution in [3.63, 3.8) is 0 Å². The molecule has 0 aliphatic rings. The van der Waals surface area contributed by atoms with Gasteiger partial charge in [0.25, 0.3) is 0 Å². The van der Waals surface area contributed by atoms with Gasteiger partial charge in [-0.05, 0) is 19.8 Å². The molecule has 0 N–H and O–H groups in total. The maximum absolute atomic E-state index is 5.63. The van der Waals surface area contributed by atoms with Crippen LogP contribution in [0.3, 0.4) is 0 Å². The molecule has 3 heteroatoms. The summed E-state index contributed by atoms with van der Waals surface area (Å²) in [7, 11) is 0. The van der Waals surface area contributed by atoms with Gasteiger partial charge in [0.15, 0.2) is 0 Å². The average molecular weight is 253 g/mol. The second-order valence-corrected chi connectivity index (χ2v) is 3.88. The third-order valence-corrected chi connectivity index (χ3v) is 2.88. The Labute approximate surface area is 90.1 Å². The van der Waals surface area contributed by atoms with Crippen LogP contribution in [0.5, 0.6) is 0 Å². The molecule has 0 heterocycles. The molecule has 0 bridgehead atoms. The summed E-state index contributed by atoms with van der Waals surface area (Å²) in [6.07, 6.45) is 1.38. The maximum Gasteiger partial charge on any atom is 0.0780 e. The summed E-state index contributed by atoms with van der Waals surface area (Å²) in [6, 6.07) is 0. The van der Waals surface area contributed by atoms with Gasteiger partial charge < -0.3 is 9.47 Å². The molecule has 0 aromatic heterocycles. The van der Waals surface area contributed by atoms with Gasteiger partial charge in [0, 0.05) is 11.9 Å². The summed E-state index contributed by atoms with van der Waals surface area (Å²) in [5.74, 6) is 0.629. The molecule has 2 unspecified atom stereocenters. The zero-order valence-corrected chi connectivity index (χ0v) is 10.5. The number of hydrogen-bond donors (Lipinski definition) is 0. The largest absolute Gasteiger partial charge is 0.379 e. The topological polar surface area (TPSA) is 18.5 Å². The minimum absolute atomic E-state index is 0.216. The van der Waals surface area contributed by atoms with E-state index >= 15 is 0 Å². The molecule has 2 atom stereocenters. The van der Waals surface area contributed by atoms with E-state index in [4.69, 9.17) is 9.47 Å². The predicted molar refractivity (Wildman–Crippen MR) is 59.5 cm³/mol. The molecule has 80 valence electrons. The quantitative estimate of drug-likeness (QED) is 0.619. The highest BCUT2D eigenvalue weighted by atomic mass is 79.9. The molecule has 0 aliphatic carbocycles. The minimum atomic E-state index is 0.216. The van der Waals surface area contributed by atoms with Crippen molar-refractivity contribution in [2.45, 2.75) is 33.3 Å². The first-order valence-electron chi connectivity index (χ1n) is 4.99. The normalized spacial score (nSPS) is 15.7. The van der Waals surface area contributed by atoms with Crippen molar-refractivity contribution >= 4 is 15.9 Å². The predicted octanol–water partition coefficient (Wildman–Crippen LogP) is 2.85. The molecule has 0 fully saturated rings. The van der Waals surface area contributed by atoms with Gasteiger partial charge >= 0.3 is 0 Å². The summed E-state index contributed by atoms with van der Waals surface area (Å²) in [4.78, 5) is 0. The fourth-order valence-corrected chi connectivity index (χ4v) is 1.55. The molecule has 0 aliphatic heterocycles. The van der Waals surface area contributed by atoms with Crippen LogP contribution in [0.25, 0.3) is 0 Å². The third-order valence-electron chi connectivity index (χ3n) is 1.97. The fraction of sp³-hybridized carbons (Fsp3) is 1.00. The standard InChI is InChI=1S/C10H21BrO2/c1-4-10(6-11)8-13-9(3)7-12-5-2/h9-10H,4-8H2,1-3H3. The fourth-order valence-electron chi connectivity index (χ4n) is 0.904. The summed E-state index contributed by atoms with van der Waals surface area (Å²) >= 11 is 3.47. The van der Waals surface area contributed by atoms with Crippen molar-refractivity contribution < 1.29 is 9.47 Å². The number of hydrogen-bond acceptors (Lipinski definition) is 2. The second-order valence-electron chi connectivity index (χ2n) is 3.23. The van der Waals surface area contributed by atoms with Crippen molar-refractivity contribution in [3.8, 4) is 0 Å². The lowest BCUT2D eigenvalue weighted by molar-refractivity contribution is -0.0147. The Morgan fingerprint density at radius 3 is 2.38 bits per heavy atom. The molecule has 0 saturated carbocycles. The van der Waals surface area contributed by atoms with Gasteiger partial charge in [-0.3, -0.25) is 0 Å². The van der Waals surface area contributed by atoms with Gasteiger partial charge in [0.2, 0.25) is 0 Å². The Hall–Kier alpha value is 0.400. The van der Waals surface area contributed by atoms with Crippen molar-refractivity contribution in [2.24, 2.45) is 5.92 Å². The Bertz CT molecular complexity index is 105. The number of halogens is 1. The lowest BCUT2D eigenvalue weighted by Crippen LogP contribution is -2.20. The van der Waals surface area contributed by atoms with Gasteiger partial charge in [-0.1, -0.05) is 29.3 Å². The minimum Gasteiger partial charge on any atom is -0.379 e. The van der Waals surface area contributed by atoms with E-state index in [1.54, 1.807) is 0 Å². The maximum atomic E-state index is 5.63. The molecule has 0 radical (unpaired) electrons. The van der Waals surface area contributed by atoms with Crippen LogP contribution in [0.15, 0.2) is 0 Å². The lowest BCUT2D eigenvalue weighted by Gasteiger charge is -2.17. The van der Waals surface area contributed by atoms with E-state index in [-0.39, 0.29) is 6.10 Å².